The molecule has 0 atom stereocenters. The summed E-state index contributed by atoms with van der Waals surface area (Å²) in [4.78, 5) is 0. The van der Waals surface area contributed by atoms with Crippen LogP contribution >= 0.6 is 11.6 Å². The predicted octanol–water partition coefficient (Wildman–Crippen LogP) is 3.88. The molecular weight excluding hydrogens is 293 g/mol. The molecule has 0 aliphatic carbocycles. The molecule has 21 heavy (non-hydrogen) atoms. The van der Waals surface area contributed by atoms with Crippen LogP contribution in [0.5, 0.6) is 11.5 Å². The van der Waals surface area contributed by atoms with E-state index in [1.165, 1.54) is 20.3 Å². The van der Waals surface area contributed by atoms with Crippen LogP contribution < -0.4 is 14.8 Å². The normalized spacial score (nSPS) is 10.5. The molecule has 0 heterocycles. The van der Waals surface area contributed by atoms with Crippen LogP contribution in [-0.2, 0) is 6.54 Å². The van der Waals surface area contributed by atoms with Crippen molar-refractivity contribution in [2.45, 2.75) is 6.54 Å². The lowest BCUT2D eigenvalue weighted by molar-refractivity contribution is 0.395. The quantitative estimate of drug-likeness (QED) is 0.909. The molecule has 0 aliphatic rings. The first-order valence-electron chi connectivity index (χ1n) is 6.46. The zero-order valence-electron chi connectivity index (χ0n) is 12.2. The molecule has 2 rings (SSSR count). The number of halogens is 2. The highest BCUT2D eigenvalue weighted by Gasteiger charge is 2.17. The van der Waals surface area contributed by atoms with Crippen LogP contribution in [0.1, 0.15) is 5.56 Å². The Kier molecular flexibility index (Phi) is 5.04. The maximum Gasteiger partial charge on any atom is 0.149 e. The van der Waals surface area contributed by atoms with Crippen LogP contribution in [0.25, 0.3) is 11.1 Å². The number of ether oxygens (including phenoxy) is 2. The fourth-order valence-corrected chi connectivity index (χ4v) is 2.52. The summed E-state index contributed by atoms with van der Waals surface area (Å²) in [5.74, 6) is 0.572. The number of hydrogen-bond donors (Lipinski definition) is 1. The smallest absolute Gasteiger partial charge is 0.149 e. The van der Waals surface area contributed by atoms with Gasteiger partial charge >= 0.3 is 0 Å². The van der Waals surface area contributed by atoms with Crippen LogP contribution in [0.2, 0.25) is 5.02 Å². The summed E-state index contributed by atoms with van der Waals surface area (Å²) in [6.07, 6.45) is 0. The largest absolute Gasteiger partial charge is 0.495 e. The lowest BCUT2D eigenvalue weighted by atomic mass is 10.0. The summed E-state index contributed by atoms with van der Waals surface area (Å²) in [7, 11) is 4.84. The zero-order chi connectivity index (χ0) is 15.4. The summed E-state index contributed by atoms with van der Waals surface area (Å²) in [5.41, 5.74) is 1.91. The standard InChI is InChI=1S/C16H17ClFNO2/c1-19-9-10-4-5-11(13(18)8-10)12-6-7-14(20-2)15(17)16(12)21-3/h4-8,19H,9H2,1-3H3. The minimum absolute atomic E-state index is 0.317. The maximum atomic E-state index is 14.3. The van der Waals surface area contributed by atoms with Gasteiger partial charge in [0.15, 0.2) is 0 Å². The van der Waals surface area contributed by atoms with Crippen molar-refractivity contribution in [1.29, 1.82) is 0 Å². The van der Waals surface area contributed by atoms with Crippen molar-refractivity contribution < 1.29 is 13.9 Å². The number of benzene rings is 2. The number of hydrogen-bond acceptors (Lipinski definition) is 3. The molecule has 5 heteroatoms. The summed E-state index contributed by atoms with van der Waals surface area (Å²) in [5, 5.41) is 3.32. The predicted molar refractivity (Wildman–Crippen MR) is 82.7 cm³/mol. The van der Waals surface area contributed by atoms with Gasteiger partial charge in [0.05, 0.1) is 14.2 Å². The third-order valence-corrected chi connectivity index (χ3v) is 3.55. The molecule has 0 unspecified atom stereocenters. The van der Waals surface area contributed by atoms with Gasteiger partial charge in [0.25, 0.3) is 0 Å². The van der Waals surface area contributed by atoms with E-state index in [0.29, 0.717) is 34.2 Å². The van der Waals surface area contributed by atoms with Gasteiger partial charge in [0.2, 0.25) is 0 Å². The van der Waals surface area contributed by atoms with E-state index >= 15 is 0 Å². The molecule has 2 aromatic rings. The topological polar surface area (TPSA) is 30.5 Å². The highest BCUT2D eigenvalue weighted by atomic mass is 35.5. The molecular formula is C16H17ClFNO2. The van der Waals surface area contributed by atoms with Gasteiger partial charge in [-0.1, -0.05) is 23.7 Å². The molecule has 112 valence electrons. The van der Waals surface area contributed by atoms with Gasteiger partial charge < -0.3 is 14.8 Å². The van der Waals surface area contributed by atoms with Crippen molar-refractivity contribution in [1.82, 2.24) is 5.32 Å². The Morgan fingerprint density at radius 2 is 1.81 bits per heavy atom. The van der Waals surface area contributed by atoms with E-state index in [1.54, 1.807) is 18.2 Å². The van der Waals surface area contributed by atoms with E-state index < -0.39 is 0 Å². The second-order valence-corrected chi connectivity index (χ2v) is 4.89. The van der Waals surface area contributed by atoms with E-state index in [2.05, 4.69) is 5.32 Å². The fraction of sp³-hybridized carbons (Fsp3) is 0.250. The molecule has 0 saturated carbocycles. The molecule has 0 bridgehead atoms. The van der Waals surface area contributed by atoms with Crippen LogP contribution in [-0.4, -0.2) is 21.3 Å². The molecule has 2 aromatic carbocycles. The average molecular weight is 310 g/mol. The van der Waals surface area contributed by atoms with Crippen molar-refractivity contribution in [2.24, 2.45) is 0 Å². The number of rotatable bonds is 5. The van der Waals surface area contributed by atoms with E-state index in [4.69, 9.17) is 21.1 Å². The first kappa shape index (κ1) is 15.6. The van der Waals surface area contributed by atoms with E-state index in [0.717, 1.165) is 5.56 Å². The molecule has 0 spiro atoms. The summed E-state index contributed by atoms with van der Waals surface area (Å²) >= 11 is 6.21. The highest BCUT2D eigenvalue weighted by Crippen LogP contribution is 2.42. The first-order valence-corrected chi connectivity index (χ1v) is 6.84. The fourth-order valence-electron chi connectivity index (χ4n) is 2.20. The SMILES string of the molecule is CNCc1ccc(-c2ccc(OC)c(Cl)c2OC)c(F)c1. The van der Waals surface area contributed by atoms with Gasteiger partial charge in [-0.25, -0.2) is 4.39 Å². The average Bonchev–Trinajstić information content (AvgIpc) is 2.47. The van der Waals surface area contributed by atoms with Crippen molar-refractivity contribution >= 4 is 11.6 Å². The maximum absolute atomic E-state index is 14.3. The minimum atomic E-state index is -0.317. The van der Waals surface area contributed by atoms with Gasteiger partial charge in [0.1, 0.15) is 22.3 Å². The van der Waals surface area contributed by atoms with Gasteiger partial charge in [-0.05, 0) is 30.8 Å². The highest BCUT2D eigenvalue weighted by molar-refractivity contribution is 6.34. The molecule has 0 saturated heterocycles. The zero-order valence-corrected chi connectivity index (χ0v) is 12.9. The second-order valence-electron chi connectivity index (χ2n) is 4.51. The number of nitrogens with one attached hydrogen (secondary N) is 1. The lowest BCUT2D eigenvalue weighted by Gasteiger charge is -2.14. The molecule has 1 N–H and O–H groups in total. The molecule has 0 amide bonds. The van der Waals surface area contributed by atoms with Gasteiger partial charge in [-0.15, -0.1) is 0 Å². The minimum Gasteiger partial charge on any atom is -0.495 e. The van der Waals surface area contributed by atoms with Crippen molar-refractivity contribution in [3.63, 3.8) is 0 Å². The van der Waals surface area contributed by atoms with Gasteiger partial charge in [-0.3, -0.25) is 0 Å². The monoisotopic (exact) mass is 309 g/mol. The molecule has 0 radical (unpaired) electrons. The third-order valence-electron chi connectivity index (χ3n) is 3.19. The van der Waals surface area contributed by atoms with Crippen LogP contribution in [0, 0.1) is 5.82 Å². The van der Waals surface area contributed by atoms with Crippen LogP contribution in [0.3, 0.4) is 0 Å². The molecule has 0 fully saturated rings. The van der Waals surface area contributed by atoms with Crippen molar-refractivity contribution in [3.8, 4) is 22.6 Å². The Balaban J connectivity index is 2.54. The first-order chi connectivity index (χ1) is 10.1. The van der Waals surface area contributed by atoms with E-state index in [-0.39, 0.29) is 5.82 Å². The lowest BCUT2D eigenvalue weighted by Crippen LogP contribution is -2.05. The Morgan fingerprint density at radius 1 is 1.10 bits per heavy atom. The van der Waals surface area contributed by atoms with Gasteiger partial charge in [0, 0.05) is 17.7 Å². The van der Waals surface area contributed by atoms with Crippen LogP contribution in [0.4, 0.5) is 4.39 Å². The number of methoxy groups -OCH3 is 2. The summed E-state index contributed by atoms with van der Waals surface area (Å²) < 4.78 is 24.8. The van der Waals surface area contributed by atoms with E-state index in [9.17, 15) is 4.39 Å². The van der Waals surface area contributed by atoms with Crippen molar-refractivity contribution in [2.75, 3.05) is 21.3 Å². The summed E-state index contributed by atoms with van der Waals surface area (Å²) in [6.45, 7) is 0.609. The van der Waals surface area contributed by atoms with E-state index in [1.807, 2.05) is 13.1 Å². The molecule has 0 aromatic heterocycles. The Bertz CT molecular complexity index is 646. The third kappa shape index (κ3) is 3.12. The Morgan fingerprint density at radius 3 is 2.38 bits per heavy atom. The van der Waals surface area contributed by atoms with Gasteiger partial charge in [-0.2, -0.15) is 0 Å². The van der Waals surface area contributed by atoms with Crippen molar-refractivity contribution in [3.05, 3.63) is 46.7 Å². The second kappa shape index (κ2) is 6.78. The Hall–Kier alpha value is -1.78. The molecule has 3 nitrogen and oxygen atoms in total. The Labute approximate surface area is 128 Å². The summed E-state index contributed by atoms with van der Waals surface area (Å²) in [6, 6.07) is 8.53. The molecule has 0 aliphatic heterocycles. The van der Waals surface area contributed by atoms with Crippen LogP contribution in [0.15, 0.2) is 30.3 Å².